The van der Waals surface area contributed by atoms with Crippen molar-refractivity contribution in [1.29, 1.82) is 0 Å². The van der Waals surface area contributed by atoms with Gasteiger partial charge in [0.05, 0.1) is 11.9 Å². The number of aromatic nitrogens is 2. The highest BCUT2D eigenvalue weighted by Crippen LogP contribution is 2.31. The number of para-hydroxylation sites is 1. The molecular weight excluding hydrogens is 238 g/mol. The molecule has 1 heterocycles. The summed E-state index contributed by atoms with van der Waals surface area (Å²) in [5.74, 6) is 1.41. The second-order valence-corrected chi connectivity index (χ2v) is 4.15. The summed E-state index contributed by atoms with van der Waals surface area (Å²) >= 11 is 0. The third-order valence-electron chi connectivity index (χ3n) is 2.82. The molecular formula is C15H13N3O. The first kappa shape index (κ1) is 11.3. The average Bonchev–Trinajstić information content (AvgIpc) is 2.96. The van der Waals surface area contributed by atoms with Crippen molar-refractivity contribution in [1.82, 2.24) is 10.2 Å². The molecule has 0 radical (unpaired) electrons. The van der Waals surface area contributed by atoms with Crippen LogP contribution in [0.15, 0.2) is 60.9 Å². The standard InChI is InChI=1S/C15H13N3O/c16-14-7-6-11(12-9-17-18-10-12)8-15(14)19-13-4-2-1-3-5-13/h1-10H,16H2,(H,17,18). The van der Waals surface area contributed by atoms with Gasteiger partial charge in [-0.15, -0.1) is 0 Å². The van der Waals surface area contributed by atoms with E-state index in [2.05, 4.69) is 10.2 Å². The van der Waals surface area contributed by atoms with Gasteiger partial charge in [0.1, 0.15) is 5.75 Å². The van der Waals surface area contributed by atoms with Gasteiger partial charge in [0.2, 0.25) is 0 Å². The molecule has 0 amide bonds. The summed E-state index contributed by atoms with van der Waals surface area (Å²) in [6, 6.07) is 15.3. The van der Waals surface area contributed by atoms with Crippen LogP contribution in [0.5, 0.6) is 11.5 Å². The fourth-order valence-electron chi connectivity index (χ4n) is 1.83. The van der Waals surface area contributed by atoms with Gasteiger partial charge in [-0.05, 0) is 29.8 Å². The van der Waals surface area contributed by atoms with Crippen LogP contribution >= 0.6 is 0 Å². The molecule has 0 fully saturated rings. The van der Waals surface area contributed by atoms with Crippen LogP contribution < -0.4 is 10.5 Å². The van der Waals surface area contributed by atoms with E-state index >= 15 is 0 Å². The molecule has 0 aliphatic rings. The number of H-pyrrole nitrogens is 1. The van der Waals surface area contributed by atoms with E-state index in [0.29, 0.717) is 11.4 Å². The topological polar surface area (TPSA) is 63.9 Å². The molecule has 0 aliphatic carbocycles. The summed E-state index contributed by atoms with van der Waals surface area (Å²) in [5.41, 5.74) is 8.56. The minimum absolute atomic E-state index is 0.607. The van der Waals surface area contributed by atoms with Crippen molar-refractivity contribution in [3.8, 4) is 22.6 Å². The second kappa shape index (κ2) is 4.86. The van der Waals surface area contributed by atoms with Gasteiger partial charge in [-0.1, -0.05) is 24.3 Å². The van der Waals surface area contributed by atoms with Gasteiger partial charge in [-0.25, -0.2) is 0 Å². The number of hydrogen-bond donors (Lipinski definition) is 2. The van der Waals surface area contributed by atoms with Crippen molar-refractivity contribution in [3.63, 3.8) is 0 Å². The number of nitrogens with one attached hydrogen (secondary N) is 1. The SMILES string of the molecule is Nc1ccc(-c2cn[nH]c2)cc1Oc1ccccc1. The van der Waals surface area contributed by atoms with Crippen LogP contribution in [-0.2, 0) is 0 Å². The Balaban J connectivity index is 1.95. The molecule has 19 heavy (non-hydrogen) atoms. The summed E-state index contributed by atoms with van der Waals surface area (Å²) in [5, 5.41) is 6.73. The quantitative estimate of drug-likeness (QED) is 0.701. The number of rotatable bonds is 3. The lowest BCUT2D eigenvalue weighted by Crippen LogP contribution is -1.92. The summed E-state index contributed by atoms with van der Waals surface area (Å²) in [6.07, 6.45) is 3.59. The molecule has 2 aromatic carbocycles. The fourth-order valence-corrected chi connectivity index (χ4v) is 1.83. The minimum Gasteiger partial charge on any atom is -0.455 e. The predicted octanol–water partition coefficient (Wildman–Crippen LogP) is 3.45. The van der Waals surface area contributed by atoms with Gasteiger partial charge >= 0.3 is 0 Å². The summed E-state index contributed by atoms with van der Waals surface area (Å²) in [7, 11) is 0. The first-order valence-electron chi connectivity index (χ1n) is 5.94. The maximum atomic E-state index is 5.94. The van der Waals surface area contributed by atoms with Crippen LogP contribution in [0, 0.1) is 0 Å². The number of ether oxygens (including phenoxy) is 1. The van der Waals surface area contributed by atoms with Crippen LogP contribution in [0.25, 0.3) is 11.1 Å². The number of nitrogen functional groups attached to an aromatic ring is 1. The molecule has 0 atom stereocenters. The Morgan fingerprint density at radius 1 is 1.00 bits per heavy atom. The number of hydrogen-bond acceptors (Lipinski definition) is 3. The van der Waals surface area contributed by atoms with E-state index in [0.717, 1.165) is 16.9 Å². The third kappa shape index (κ3) is 2.42. The zero-order valence-electron chi connectivity index (χ0n) is 10.2. The molecule has 1 aromatic heterocycles. The van der Waals surface area contributed by atoms with E-state index in [9.17, 15) is 0 Å². The Morgan fingerprint density at radius 2 is 1.84 bits per heavy atom. The second-order valence-electron chi connectivity index (χ2n) is 4.15. The predicted molar refractivity (Wildman–Crippen MR) is 75.0 cm³/mol. The lowest BCUT2D eigenvalue weighted by atomic mass is 10.1. The van der Waals surface area contributed by atoms with E-state index < -0.39 is 0 Å². The molecule has 3 rings (SSSR count). The lowest BCUT2D eigenvalue weighted by Gasteiger charge is -2.09. The van der Waals surface area contributed by atoms with Gasteiger partial charge in [-0.3, -0.25) is 5.10 Å². The van der Waals surface area contributed by atoms with E-state index in [1.54, 1.807) is 6.20 Å². The van der Waals surface area contributed by atoms with Gasteiger partial charge in [-0.2, -0.15) is 5.10 Å². The number of nitrogens with zero attached hydrogens (tertiary/aromatic N) is 1. The molecule has 0 saturated carbocycles. The Labute approximate surface area is 110 Å². The third-order valence-corrected chi connectivity index (χ3v) is 2.82. The highest BCUT2D eigenvalue weighted by atomic mass is 16.5. The maximum Gasteiger partial charge on any atom is 0.150 e. The monoisotopic (exact) mass is 251 g/mol. The first-order valence-corrected chi connectivity index (χ1v) is 5.94. The highest BCUT2D eigenvalue weighted by molar-refractivity contribution is 5.69. The summed E-state index contributed by atoms with van der Waals surface area (Å²) in [4.78, 5) is 0. The molecule has 4 heteroatoms. The zero-order chi connectivity index (χ0) is 13.1. The van der Waals surface area contributed by atoms with Gasteiger partial charge < -0.3 is 10.5 Å². The highest BCUT2D eigenvalue weighted by Gasteiger charge is 2.06. The van der Waals surface area contributed by atoms with E-state index in [1.807, 2.05) is 54.7 Å². The normalized spacial score (nSPS) is 10.3. The number of anilines is 1. The van der Waals surface area contributed by atoms with Crippen molar-refractivity contribution in [2.75, 3.05) is 5.73 Å². The van der Waals surface area contributed by atoms with Gasteiger partial charge in [0, 0.05) is 11.8 Å². The minimum atomic E-state index is 0.607. The lowest BCUT2D eigenvalue weighted by molar-refractivity contribution is 0.485. The van der Waals surface area contributed by atoms with E-state index in [-0.39, 0.29) is 0 Å². The van der Waals surface area contributed by atoms with E-state index in [4.69, 9.17) is 10.5 Å². The van der Waals surface area contributed by atoms with Crippen molar-refractivity contribution >= 4 is 5.69 Å². The van der Waals surface area contributed by atoms with Crippen molar-refractivity contribution < 1.29 is 4.74 Å². The first-order chi connectivity index (χ1) is 9.33. The summed E-state index contributed by atoms with van der Waals surface area (Å²) in [6.45, 7) is 0. The molecule has 0 aliphatic heterocycles. The molecule has 0 unspecified atom stereocenters. The molecule has 0 spiro atoms. The Kier molecular flexibility index (Phi) is 2.90. The largest absolute Gasteiger partial charge is 0.455 e. The fraction of sp³-hybridized carbons (Fsp3) is 0. The molecule has 4 nitrogen and oxygen atoms in total. The van der Waals surface area contributed by atoms with Gasteiger partial charge in [0.15, 0.2) is 5.75 Å². The molecule has 0 bridgehead atoms. The molecule has 0 saturated heterocycles. The van der Waals surface area contributed by atoms with Crippen molar-refractivity contribution in [2.24, 2.45) is 0 Å². The van der Waals surface area contributed by atoms with Crippen LogP contribution in [0.3, 0.4) is 0 Å². The summed E-state index contributed by atoms with van der Waals surface area (Å²) < 4.78 is 5.79. The Bertz CT molecular complexity index is 663. The van der Waals surface area contributed by atoms with Gasteiger partial charge in [0.25, 0.3) is 0 Å². The van der Waals surface area contributed by atoms with Crippen LogP contribution in [0.2, 0.25) is 0 Å². The van der Waals surface area contributed by atoms with Crippen LogP contribution in [0.4, 0.5) is 5.69 Å². The maximum absolute atomic E-state index is 5.94. The molecule has 94 valence electrons. The average molecular weight is 251 g/mol. The number of nitrogens with two attached hydrogens (primary N) is 1. The number of benzene rings is 2. The van der Waals surface area contributed by atoms with Crippen LogP contribution in [-0.4, -0.2) is 10.2 Å². The van der Waals surface area contributed by atoms with Crippen molar-refractivity contribution in [3.05, 3.63) is 60.9 Å². The molecule has 3 N–H and O–H groups in total. The zero-order valence-corrected chi connectivity index (χ0v) is 10.2. The Hall–Kier alpha value is -2.75. The number of aromatic amines is 1. The molecule has 3 aromatic rings. The van der Waals surface area contributed by atoms with Crippen LogP contribution in [0.1, 0.15) is 0 Å². The van der Waals surface area contributed by atoms with E-state index in [1.165, 1.54) is 0 Å². The van der Waals surface area contributed by atoms with Crippen molar-refractivity contribution in [2.45, 2.75) is 0 Å². The Morgan fingerprint density at radius 3 is 2.58 bits per heavy atom. The smallest absolute Gasteiger partial charge is 0.150 e.